The molecule has 4 N–H and O–H groups in total. The van der Waals surface area contributed by atoms with Crippen LogP contribution in [0.5, 0.6) is 5.75 Å². The molecule has 1 heterocycles. The van der Waals surface area contributed by atoms with E-state index < -0.39 is 10.0 Å². The zero-order valence-electron chi connectivity index (χ0n) is 11.2. The fourth-order valence-electron chi connectivity index (χ4n) is 1.69. The van der Waals surface area contributed by atoms with Crippen LogP contribution < -0.4 is 15.2 Å². The molecule has 2 aromatic rings. The summed E-state index contributed by atoms with van der Waals surface area (Å²) in [6, 6.07) is 5.20. The molecule has 0 saturated heterocycles. The minimum absolute atomic E-state index is 0.0115. The zero-order chi connectivity index (χ0) is 14.8. The number of benzene rings is 1. The van der Waals surface area contributed by atoms with Crippen molar-refractivity contribution in [3.8, 4) is 5.75 Å². The summed E-state index contributed by atoms with van der Waals surface area (Å²) in [6.07, 6.45) is 1.16. The van der Waals surface area contributed by atoms with Gasteiger partial charge in [-0.25, -0.2) is 8.42 Å². The monoisotopic (exact) mass is 296 g/mol. The summed E-state index contributed by atoms with van der Waals surface area (Å²) in [5.74, 6) is 0.459. The number of nitrogens with zero attached hydrogens (tertiary/aromatic N) is 1. The van der Waals surface area contributed by atoms with Gasteiger partial charge in [-0.15, -0.1) is 0 Å². The average molecular weight is 296 g/mol. The number of anilines is 2. The summed E-state index contributed by atoms with van der Waals surface area (Å²) >= 11 is 0. The summed E-state index contributed by atoms with van der Waals surface area (Å²) in [6.45, 7) is 4.16. The van der Waals surface area contributed by atoms with Gasteiger partial charge in [-0.2, -0.15) is 5.10 Å². The maximum absolute atomic E-state index is 12.2. The first-order valence-electron chi connectivity index (χ1n) is 5.99. The molecule has 0 aliphatic carbocycles. The quantitative estimate of drug-likeness (QED) is 0.774. The highest BCUT2D eigenvalue weighted by Gasteiger charge is 2.21. The molecule has 2 rings (SSSR count). The topological polar surface area (TPSA) is 110 Å². The molecule has 0 spiro atoms. The van der Waals surface area contributed by atoms with Crippen LogP contribution in [0.15, 0.2) is 29.3 Å². The van der Waals surface area contributed by atoms with Crippen LogP contribution in [0.2, 0.25) is 0 Å². The minimum Gasteiger partial charge on any atom is -0.492 e. The van der Waals surface area contributed by atoms with Crippen molar-refractivity contribution in [1.29, 1.82) is 0 Å². The van der Waals surface area contributed by atoms with Crippen LogP contribution in [-0.4, -0.2) is 25.2 Å². The molecule has 108 valence electrons. The summed E-state index contributed by atoms with van der Waals surface area (Å²) in [7, 11) is -3.80. The third-order valence-electron chi connectivity index (χ3n) is 2.60. The lowest BCUT2D eigenvalue weighted by Crippen LogP contribution is -2.14. The van der Waals surface area contributed by atoms with Crippen molar-refractivity contribution < 1.29 is 13.2 Å². The minimum atomic E-state index is -3.80. The number of aromatic nitrogens is 2. The first-order valence-corrected chi connectivity index (χ1v) is 7.47. The van der Waals surface area contributed by atoms with Gasteiger partial charge in [-0.05, 0) is 31.5 Å². The number of nitrogens with one attached hydrogen (secondary N) is 2. The number of sulfonamides is 1. The molecule has 20 heavy (non-hydrogen) atoms. The Kier molecular flexibility index (Phi) is 3.84. The molecule has 0 saturated carbocycles. The van der Waals surface area contributed by atoms with Crippen molar-refractivity contribution in [1.82, 2.24) is 10.2 Å². The highest BCUT2D eigenvalue weighted by atomic mass is 32.2. The molecule has 0 atom stereocenters. The van der Waals surface area contributed by atoms with Gasteiger partial charge in [-0.3, -0.25) is 9.82 Å². The Bertz CT molecular complexity index is 709. The van der Waals surface area contributed by atoms with E-state index >= 15 is 0 Å². The van der Waals surface area contributed by atoms with Crippen molar-refractivity contribution in [2.45, 2.75) is 18.7 Å². The number of hydrogen-bond donors (Lipinski definition) is 3. The van der Waals surface area contributed by atoms with Crippen LogP contribution in [0.4, 0.5) is 11.5 Å². The summed E-state index contributed by atoms with van der Waals surface area (Å²) < 4.78 is 32.3. The number of ether oxygens (including phenoxy) is 1. The fourth-order valence-corrected chi connectivity index (χ4v) is 2.78. The van der Waals surface area contributed by atoms with Gasteiger partial charge in [0, 0.05) is 0 Å². The van der Waals surface area contributed by atoms with E-state index in [0.717, 1.165) is 11.8 Å². The SMILES string of the molecule is CCOc1cc(C)ccc1NS(=O)(=O)c1cn[nH]c1N. The first-order chi connectivity index (χ1) is 9.44. The third-order valence-corrected chi connectivity index (χ3v) is 4.00. The summed E-state index contributed by atoms with van der Waals surface area (Å²) in [4.78, 5) is -0.0967. The molecular formula is C12H16N4O3S. The molecule has 0 unspecified atom stereocenters. The first kappa shape index (κ1) is 14.2. The molecule has 1 aromatic heterocycles. The van der Waals surface area contributed by atoms with Gasteiger partial charge in [0.25, 0.3) is 10.0 Å². The Morgan fingerprint density at radius 2 is 2.20 bits per heavy atom. The van der Waals surface area contributed by atoms with Crippen molar-refractivity contribution in [3.05, 3.63) is 30.0 Å². The highest BCUT2D eigenvalue weighted by Crippen LogP contribution is 2.28. The predicted octanol–water partition coefficient (Wildman–Crippen LogP) is 1.50. The number of H-pyrrole nitrogens is 1. The predicted molar refractivity (Wildman–Crippen MR) is 76.2 cm³/mol. The van der Waals surface area contributed by atoms with Crippen LogP contribution in [0, 0.1) is 6.92 Å². The Morgan fingerprint density at radius 1 is 1.45 bits per heavy atom. The Balaban J connectivity index is 2.37. The summed E-state index contributed by atoms with van der Waals surface area (Å²) in [5, 5.41) is 5.99. The van der Waals surface area contributed by atoms with Gasteiger partial charge < -0.3 is 10.5 Å². The maximum Gasteiger partial charge on any atom is 0.267 e. The number of rotatable bonds is 5. The van der Waals surface area contributed by atoms with Crippen LogP contribution >= 0.6 is 0 Å². The third kappa shape index (κ3) is 2.85. The Labute approximate surface area is 117 Å². The van der Waals surface area contributed by atoms with Crippen LogP contribution in [-0.2, 0) is 10.0 Å². The van der Waals surface area contributed by atoms with Gasteiger partial charge in [-0.1, -0.05) is 6.07 Å². The van der Waals surface area contributed by atoms with E-state index in [0.29, 0.717) is 18.0 Å². The molecular weight excluding hydrogens is 280 g/mol. The lowest BCUT2D eigenvalue weighted by molar-refractivity contribution is 0.342. The molecule has 0 amide bonds. The lowest BCUT2D eigenvalue weighted by Gasteiger charge is -2.13. The normalized spacial score (nSPS) is 11.3. The van der Waals surface area contributed by atoms with E-state index in [1.807, 2.05) is 13.8 Å². The Hall–Kier alpha value is -2.22. The molecule has 0 fully saturated rings. The lowest BCUT2D eigenvalue weighted by atomic mass is 10.2. The van der Waals surface area contributed by atoms with Crippen molar-refractivity contribution in [2.75, 3.05) is 17.1 Å². The van der Waals surface area contributed by atoms with Crippen LogP contribution in [0.25, 0.3) is 0 Å². The number of aryl methyl sites for hydroxylation is 1. The van der Waals surface area contributed by atoms with Crippen LogP contribution in [0.3, 0.4) is 0 Å². The van der Waals surface area contributed by atoms with Gasteiger partial charge >= 0.3 is 0 Å². The fraction of sp³-hybridized carbons (Fsp3) is 0.250. The van der Waals surface area contributed by atoms with Crippen LogP contribution in [0.1, 0.15) is 12.5 Å². The molecule has 8 heteroatoms. The second-order valence-electron chi connectivity index (χ2n) is 4.19. The van der Waals surface area contributed by atoms with E-state index in [1.54, 1.807) is 18.2 Å². The van der Waals surface area contributed by atoms with Crippen molar-refractivity contribution in [3.63, 3.8) is 0 Å². The van der Waals surface area contributed by atoms with Gasteiger partial charge in [0.05, 0.1) is 18.5 Å². The number of nitrogens with two attached hydrogens (primary N) is 1. The van der Waals surface area contributed by atoms with E-state index in [-0.39, 0.29) is 10.7 Å². The molecule has 7 nitrogen and oxygen atoms in total. The molecule has 0 radical (unpaired) electrons. The average Bonchev–Trinajstić information content (AvgIpc) is 2.80. The highest BCUT2D eigenvalue weighted by molar-refractivity contribution is 7.92. The smallest absolute Gasteiger partial charge is 0.267 e. The standard InChI is InChI=1S/C12H16N4O3S/c1-3-19-10-6-8(2)4-5-9(10)16-20(17,18)11-7-14-15-12(11)13/h4-7,16H,3H2,1-2H3,(H3,13,14,15). The van der Waals surface area contributed by atoms with E-state index in [4.69, 9.17) is 10.5 Å². The van der Waals surface area contributed by atoms with Gasteiger partial charge in [0.15, 0.2) is 0 Å². The van der Waals surface area contributed by atoms with E-state index in [1.165, 1.54) is 0 Å². The van der Waals surface area contributed by atoms with Gasteiger partial charge in [0.2, 0.25) is 0 Å². The molecule has 0 aliphatic rings. The largest absolute Gasteiger partial charge is 0.492 e. The summed E-state index contributed by atoms with van der Waals surface area (Å²) in [5.41, 5.74) is 6.86. The zero-order valence-corrected chi connectivity index (χ0v) is 12.0. The van der Waals surface area contributed by atoms with Crippen molar-refractivity contribution >= 4 is 21.5 Å². The molecule has 0 aliphatic heterocycles. The van der Waals surface area contributed by atoms with E-state index in [9.17, 15) is 8.42 Å². The Morgan fingerprint density at radius 3 is 2.80 bits per heavy atom. The molecule has 0 bridgehead atoms. The van der Waals surface area contributed by atoms with Gasteiger partial charge in [0.1, 0.15) is 16.5 Å². The number of nitrogen functional groups attached to an aromatic ring is 1. The number of aromatic amines is 1. The molecule has 1 aromatic carbocycles. The number of hydrogen-bond acceptors (Lipinski definition) is 5. The maximum atomic E-state index is 12.2. The van der Waals surface area contributed by atoms with Crippen molar-refractivity contribution in [2.24, 2.45) is 0 Å². The second kappa shape index (κ2) is 5.41. The second-order valence-corrected chi connectivity index (χ2v) is 5.84. The van der Waals surface area contributed by atoms with E-state index in [2.05, 4.69) is 14.9 Å².